The smallest absolute Gasteiger partial charge is 0.0681 e. The monoisotopic (exact) mass is 249 g/mol. The number of hydrogen-bond acceptors (Lipinski definition) is 3. The van der Waals surface area contributed by atoms with E-state index in [1.54, 1.807) is 0 Å². The number of aryl methyl sites for hydroxylation is 1. The number of aliphatic hydroxyl groups is 1. The zero-order valence-corrected chi connectivity index (χ0v) is 11.4. The second-order valence-electron chi connectivity index (χ2n) is 4.92. The average molecular weight is 249 g/mol. The maximum Gasteiger partial charge on any atom is 0.0681 e. The van der Waals surface area contributed by atoms with Gasteiger partial charge in [0.25, 0.3) is 0 Å². The van der Waals surface area contributed by atoms with E-state index in [0.717, 1.165) is 38.1 Å². The molecule has 0 unspecified atom stereocenters. The number of aliphatic hydroxyl groups excluding tert-OH is 1. The molecule has 1 aromatic rings. The summed E-state index contributed by atoms with van der Waals surface area (Å²) in [7, 11) is 0. The Morgan fingerprint density at radius 1 is 1.33 bits per heavy atom. The lowest BCUT2D eigenvalue weighted by Crippen LogP contribution is -2.37. The van der Waals surface area contributed by atoms with Crippen LogP contribution in [0.25, 0.3) is 0 Å². The molecule has 1 aliphatic rings. The highest BCUT2D eigenvalue weighted by Gasteiger charge is 2.20. The minimum atomic E-state index is 0.119. The third kappa shape index (κ3) is 3.03. The van der Waals surface area contributed by atoms with Gasteiger partial charge in [0, 0.05) is 25.4 Å². The van der Waals surface area contributed by atoms with Gasteiger partial charge in [0.2, 0.25) is 0 Å². The molecule has 0 radical (unpaired) electrons. The van der Waals surface area contributed by atoms with Gasteiger partial charge in [-0.2, -0.15) is 0 Å². The molecule has 0 bridgehead atoms. The first-order valence-corrected chi connectivity index (χ1v) is 6.81. The summed E-state index contributed by atoms with van der Waals surface area (Å²) >= 11 is 0. The van der Waals surface area contributed by atoms with Crippen LogP contribution in [-0.4, -0.2) is 30.9 Å². The number of nitrogens with zero attached hydrogens (tertiary/aromatic N) is 1. The molecule has 1 saturated heterocycles. The van der Waals surface area contributed by atoms with Crippen molar-refractivity contribution in [2.45, 2.75) is 39.4 Å². The van der Waals surface area contributed by atoms with Gasteiger partial charge in [-0.25, -0.2) is 0 Å². The summed E-state index contributed by atoms with van der Waals surface area (Å²) in [6.07, 6.45) is 2.65. The molecule has 1 N–H and O–H groups in total. The molecule has 100 valence electrons. The van der Waals surface area contributed by atoms with E-state index in [0.29, 0.717) is 6.10 Å². The lowest BCUT2D eigenvalue weighted by atomic mass is 10.0. The van der Waals surface area contributed by atoms with Crippen molar-refractivity contribution in [2.75, 3.05) is 24.6 Å². The van der Waals surface area contributed by atoms with E-state index in [1.807, 2.05) is 6.07 Å². The summed E-state index contributed by atoms with van der Waals surface area (Å²) < 4.78 is 5.67. The van der Waals surface area contributed by atoms with Crippen LogP contribution in [-0.2, 0) is 11.3 Å². The summed E-state index contributed by atoms with van der Waals surface area (Å²) in [6.45, 7) is 7.23. The molecular formula is C15H23NO2. The Balaban J connectivity index is 2.01. The van der Waals surface area contributed by atoms with E-state index in [2.05, 4.69) is 30.9 Å². The first kappa shape index (κ1) is 13.4. The molecule has 0 spiro atoms. The zero-order valence-electron chi connectivity index (χ0n) is 11.4. The van der Waals surface area contributed by atoms with E-state index in [4.69, 9.17) is 9.84 Å². The van der Waals surface area contributed by atoms with E-state index in [-0.39, 0.29) is 6.61 Å². The molecule has 18 heavy (non-hydrogen) atoms. The summed E-state index contributed by atoms with van der Waals surface area (Å²) in [6, 6.07) is 6.21. The summed E-state index contributed by atoms with van der Waals surface area (Å²) in [5.74, 6) is 0. The first-order valence-electron chi connectivity index (χ1n) is 6.81. The fourth-order valence-corrected chi connectivity index (χ4v) is 2.67. The molecule has 0 atom stereocenters. The Bertz CT molecular complexity index is 384. The van der Waals surface area contributed by atoms with E-state index < -0.39 is 0 Å². The highest BCUT2D eigenvalue weighted by atomic mass is 16.5. The number of piperidine rings is 1. The van der Waals surface area contributed by atoms with Crippen LogP contribution in [0.4, 0.5) is 5.69 Å². The number of rotatable bonds is 4. The number of ether oxygens (including phenoxy) is 1. The van der Waals surface area contributed by atoms with Crippen LogP contribution in [0, 0.1) is 6.92 Å². The fraction of sp³-hybridized carbons (Fsp3) is 0.600. The Morgan fingerprint density at radius 2 is 2.06 bits per heavy atom. The second-order valence-corrected chi connectivity index (χ2v) is 4.92. The van der Waals surface area contributed by atoms with Crippen molar-refractivity contribution in [3.8, 4) is 0 Å². The van der Waals surface area contributed by atoms with Gasteiger partial charge in [-0.05, 0) is 43.9 Å². The molecular weight excluding hydrogens is 226 g/mol. The van der Waals surface area contributed by atoms with Crippen LogP contribution in [0.1, 0.15) is 30.9 Å². The van der Waals surface area contributed by atoms with Gasteiger partial charge in [0.1, 0.15) is 0 Å². The van der Waals surface area contributed by atoms with Crippen molar-refractivity contribution in [3.05, 3.63) is 29.3 Å². The van der Waals surface area contributed by atoms with E-state index in [9.17, 15) is 0 Å². The minimum absolute atomic E-state index is 0.119. The summed E-state index contributed by atoms with van der Waals surface area (Å²) in [4.78, 5) is 2.42. The van der Waals surface area contributed by atoms with Crippen molar-refractivity contribution in [3.63, 3.8) is 0 Å². The van der Waals surface area contributed by atoms with Gasteiger partial charge in [0.15, 0.2) is 0 Å². The molecule has 1 fully saturated rings. The topological polar surface area (TPSA) is 32.7 Å². The average Bonchev–Trinajstić information content (AvgIpc) is 2.40. The van der Waals surface area contributed by atoms with Gasteiger partial charge >= 0.3 is 0 Å². The SMILES string of the molecule is CCOC1CCN(c2ccc(CO)cc2C)CC1. The van der Waals surface area contributed by atoms with Crippen LogP contribution < -0.4 is 4.90 Å². The zero-order chi connectivity index (χ0) is 13.0. The molecule has 0 aliphatic carbocycles. The van der Waals surface area contributed by atoms with Gasteiger partial charge in [-0.15, -0.1) is 0 Å². The van der Waals surface area contributed by atoms with Crippen LogP contribution in [0.2, 0.25) is 0 Å². The molecule has 3 nitrogen and oxygen atoms in total. The van der Waals surface area contributed by atoms with Gasteiger partial charge < -0.3 is 14.7 Å². The van der Waals surface area contributed by atoms with Crippen molar-refractivity contribution in [1.82, 2.24) is 0 Å². The predicted molar refractivity (Wildman–Crippen MR) is 74.0 cm³/mol. The van der Waals surface area contributed by atoms with Crippen molar-refractivity contribution >= 4 is 5.69 Å². The third-order valence-corrected chi connectivity index (χ3v) is 3.63. The molecule has 2 rings (SSSR count). The summed E-state index contributed by atoms with van der Waals surface area (Å²) in [5.41, 5.74) is 3.53. The number of anilines is 1. The van der Waals surface area contributed by atoms with E-state index >= 15 is 0 Å². The Morgan fingerprint density at radius 3 is 2.61 bits per heavy atom. The van der Waals surface area contributed by atoms with Gasteiger partial charge in [0.05, 0.1) is 12.7 Å². The maximum absolute atomic E-state index is 9.13. The largest absolute Gasteiger partial charge is 0.392 e. The Hall–Kier alpha value is -1.06. The highest BCUT2D eigenvalue weighted by Crippen LogP contribution is 2.25. The Kier molecular flexibility index (Phi) is 4.61. The number of hydrogen-bond donors (Lipinski definition) is 1. The van der Waals surface area contributed by atoms with Crippen molar-refractivity contribution < 1.29 is 9.84 Å². The third-order valence-electron chi connectivity index (χ3n) is 3.63. The minimum Gasteiger partial charge on any atom is -0.392 e. The van der Waals surface area contributed by atoms with Crippen LogP contribution in [0.5, 0.6) is 0 Å². The number of benzene rings is 1. The van der Waals surface area contributed by atoms with Crippen molar-refractivity contribution in [1.29, 1.82) is 0 Å². The second kappa shape index (κ2) is 6.21. The van der Waals surface area contributed by atoms with Crippen LogP contribution in [0.15, 0.2) is 18.2 Å². The first-order chi connectivity index (χ1) is 8.74. The van der Waals surface area contributed by atoms with Crippen molar-refractivity contribution in [2.24, 2.45) is 0 Å². The van der Waals surface area contributed by atoms with Crippen LogP contribution in [0.3, 0.4) is 0 Å². The summed E-state index contributed by atoms with van der Waals surface area (Å²) in [5, 5.41) is 9.13. The van der Waals surface area contributed by atoms with Gasteiger partial charge in [-0.1, -0.05) is 12.1 Å². The molecule has 0 saturated carbocycles. The van der Waals surface area contributed by atoms with E-state index in [1.165, 1.54) is 11.3 Å². The molecule has 0 amide bonds. The molecule has 3 heteroatoms. The molecule has 0 aromatic heterocycles. The molecule has 1 heterocycles. The molecule has 1 aliphatic heterocycles. The molecule has 1 aromatic carbocycles. The normalized spacial score (nSPS) is 17.2. The maximum atomic E-state index is 9.13. The highest BCUT2D eigenvalue weighted by molar-refractivity contribution is 5.54. The Labute approximate surface area is 109 Å². The van der Waals surface area contributed by atoms with Gasteiger partial charge in [-0.3, -0.25) is 0 Å². The predicted octanol–water partition coefficient (Wildman–Crippen LogP) is 2.49. The fourth-order valence-electron chi connectivity index (χ4n) is 2.67. The lowest BCUT2D eigenvalue weighted by molar-refractivity contribution is 0.0459. The quantitative estimate of drug-likeness (QED) is 0.890. The lowest BCUT2D eigenvalue weighted by Gasteiger charge is -2.34. The van der Waals surface area contributed by atoms with Crippen LogP contribution >= 0.6 is 0 Å². The standard InChI is InChI=1S/C15H23NO2/c1-3-18-14-6-8-16(9-7-14)15-5-4-13(11-17)10-12(15)2/h4-5,10,14,17H,3,6-9,11H2,1-2H3.